The molecule has 0 atom stereocenters. The molecule has 4 N–H and O–H groups in total. The minimum Gasteiger partial charge on any atom is -0.870 e. The first-order chi connectivity index (χ1) is 18.6. The SMILES string of the molecule is CC(C)(C)OC(=O)N1CCc2snc(C(=O)O)c2C1.CCOC(=O)c1nsc2c1CN(C(=O)OC(C)(C)C)CC2.O.[Li+].[OH-]. The van der Waals surface area contributed by atoms with Crippen molar-refractivity contribution in [3.63, 3.8) is 0 Å². The Morgan fingerprint density at radius 2 is 1.21 bits per heavy atom. The van der Waals surface area contributed by atoms with E-state index in [4.69, 9.17) is 19.3 Å². The van der Waals surface area contributed by atoms with Crippen LogP contribution in [0.3, 0.4) is 0 Å². The predicted octanol–water partition coefficient (Wildman–Crippen LogP) is 0.750. The fourth-order valence-corrected chi connectivity index (χ4v) is 5.59. The van der Waals surface area contributed by atoms with Gasteiger partial charge in [0.25, 0.3) is 0 Å². The van der Waals surface area contributed by atoms with Crippen LogP contribution in [0.1, 0.15) is 90.3 Å². The van der Waals surface area contributed by atoms with Crippen molar-refractivity contribution >= 4 is 47.2 Å². The Balaban J connectivity index is 0.000000770. The Morgan fingerprint density at radius 1 is 0.814 bits per heavy atom. The third-order valence-electron chi connectivity index (χ3n) is 5.63. The number of carboxylic acid groups (broad SMARTS) is 1. The first-order valence-corrected chi connectivity index (χ1v) is 14.5. The summed E-state index contributed by atoms with van der Waals surface area (Å²) in [5.41, 5.74) is 0.706. The third-order valence-corrected chi connectivity index (χ3v) is 7.52. The molecule has 0 unspecified atom stereocenters. The van der Waals surface area contributed by atoms with Gasteiger partial charge >= 0.3 is 43.0 Å². The van der Waals surface area contributed by atoms with E-state index < -0.39 is 29.2 Å². The molecule has 0 radical (unpaired) electrons. The van der Waals surface area contributed by atoms with E-state index in [1.54, 1.807) is 32.6 Å². The largest absolute Gasteiger partial charge is 1.00 e. The maximum Gasteiger partial charge on any atom is 1.00 e. The van der Waals surface area contributed by atoms with E-state index in [-0.39, 0.29) is 48.1 Å². The van der Waals surface area contributed by atoms with Crippen LogP contribution < -0.4 is 18.9 Å². The Bertz CT molecular complexity index is 1270. The Kier molecular flexibility index (Phi) is 15.3. The topological polar surface area (TPSA) is 210 Å². The zero-order chi connectivity index (χ0) is 29.8. The first kappa shape index (κ1) is 40.3. The van der Waals surface area contributed by atoms with Crippen LogP contribution in [0.15, 0.2) is 0 Å². The molecule has 43 heavy (non-hydrogen) atoms. The number of carboxylic acids is 1. The molecule has 2 aliphatic rings. The van der Waals surface area contributed by atoms with Gasteiger partial charge in [0, 0.05) is 46.8 Å². The molecule has 4 rings (SSSR count). The summed E-state index contributed by atoms with van der Waals surface area (Å²) in [5.74, 6) is -1.48. The molecule has 2 amide bonds. The monoisotopic (exact) mass is 638 g/mol. The second-order valence-corrected chi connectivity index (χ2v) is 12.9. The fourth-order valence-electron chi connectivity index (χ4n) is 3.91. The van der Waals surface area contributed by atoms with Gasteiger partial charge in [-0.3, -0.25) is 0 Å². The number of amides is 2. The van der Waals surface area contributed by atoms with Crippen LogP contribution >= 0.6 is 23.1 Å². The van der Waals surface area contributed by atoms with Crippen LogP contribution in [0.2, 0.25) is 0 Å². The summed E-state index contributed by atoms with van der Waals surface area (Å²) in [6.07, 6.45) is 0.528. The number of hydrogen-bond acceptors (Lipinski definition) is 12. The summed E-state index contributed by atoms with van der Waals surface area (Å²) in [6, 6.07) is 0. The quantitative estimate of drug-likeness (QED) is 0.282. The molecule has 0 fully saturated rings. The van der Waals surface area contributed by atoms with Gasteiger partial charge in [-0.1, -0.05) is 0 Å². The number of aromatic carboxylic acids is 1. The number of carbonyl (C=O) groups excluding carboxylic acids is 3. The van der Waals surface area contributed by atoms with Crippen molar-refractivity contribution in [3.05, 3.63) is 32.3 Å². The van der Waals surface area contributed by atoms with Crippen molar-refractivity contribution in [2.45, 2.75) is 85.6 Å². The van der Waals surface area contributed by atoms with Crippen molar-refractivity contribution in [3.8, 4) is 0 Å². The van der Waals surface area contributed by atoms with Crippen LogP contribution in [0.4, 0.5) is 9.59 Å². The Hall–Kier alpha value is -2.74. The van der Waals surface area contributed by atoms with Crippen molar-refractivity contribution in [1.82, 2.24) is 18.5 Å². The number of carbonyl (C=O) groups is 4. The van der Waals surface area contributed by atoms with Crippen LogP contribution in [0, 0.1) is 0 Å². The average Bonchev–Trinajstić information content (AvgIpc) is 3.46. The van der Waals surface area contributed by atoms with Gasteiger partial charge < -0.3 is 40.1 Å². The molecule has 2 aromatic heterocycles. The van der Waals surface area contributed by atoms with Gasteiger partial charge in [0.1, 0.15) is 11.2 Å². The van der Waals surface area contributed by atoms with Crippen LogP contribution in [0.5, 0.6) is 0 Å². The maximum atomic E-state index is 12.1. The first-order valence-electron chi connectivity index (χ1n) is 12.9. The van der Waals surface area contributed by atoms with Crippen LogP contribution in [-0.2, 0) is 40.1 Å². The standard InChI is InChI=1S/C14H20N2O4S.C12H16N2O4S.Li.2H2O/c1-5-19-12(17)11-9-8-16(7-6-10(9)21-15-11)13(18)20-14(2,3)4;1-12(2,3)18-11(17)14-5-4-8-7(6-14)9(10(15)16)13-19-8;;;/h5-8H2,1-4H3;4-6H2,1-3H3,(H,15,16);;2*1H2/q;;+1;;/p-1. The van der Waals surface area contributed by atoms with Gasteiger partial charge in [0.15, 0.2) is 11.4 Å². The molecule has 236 valence electrons. The number of rotatable bonds is 3. The van der Waals surface area contributed by atoms with Crippen molar-refractivity contribution < 1.29 is 68.3 Å². The van der Waals surface area contributed by atoms with Gasteiger partial charge in [-0.25, -0.2) is 19.2 Å². The molecule has 0 spiro atoms. The number of hydrogen-bond donors (Lipinski definition) is 1. The third kappa shape index (κ3) is 11.0. The molecular formula is C26H39LiN4O10S2. The molecule has 0 saturated heterocycles. The molecule has 2 aromatic rings. The molecule has 0 aromatic carbocycles. The minimum absolute atomic E-state index is 0. The molecule has 0 bridgehead atoms. The van der Waals surface area contributed by atoms with Crippen LogP contribution in [-0.4, -0.2) is 89.6 Å². The zero-order valence-electron chi connectivity index (χ0n) is 25.8. The van der Waals surface area contributed by atoms with E-state index in [2.05, 4.69) is 8.75 Å². The summed E-state index contributed by atoms with van der Waals surface area (Å²) in [7, 11) is 0. The van der Waals surface area contributed by atoms with Gasteiger partial charge in [-0.15, -0.1) is 0 Å². The Morgan fingerprint density at radius 3 is 1.58 bits per heavy atom. The second-order valence-electron chi connectivity index (χ2n) is 11.2. The fraction of sp³-hybridized carbons (Fsp3) is 0.615. The van der Waals surface area contributed by atoms with Crippen LogP contribution in [0.25, 0.3) is 0 Å². The zero-order valence-corrected chi connectivity index (χ0v) is 27.4. The van der Waals surface area contributed by atoms with E-state index in [1.807, 2.05) is 20.8 Å². The number of esters is 1. The minimum atomic E-state index is -1.05. The summed E-state index contributed by atoms with van der Waals surface area (Å²) < 4.78 is 23.8. The van der Waals surface area contributed by atoms with Gasteiger partial charge in [-0.2, -0.15) is 8.75 Å². The molecule has 2 aliphatic heterocycles. The number of aromatic nitrogens is 2. The van der Waals surface area contributed by atoms with Crippen molar-refractivity contribution in [2.75, 3.05) is 19.7 Å². The van der Waals surface area contributed by atoms with E-state index >= 15 is 0 Å². The molecule has 14 nitrogen and oxygen atoms in total. The van der Waals surface area contributed by atoms with E-state index in [0.717, 1.165) is 15.3 Å². The summed E-state index contributed by atoms with van der Waals surface area (Å²) in [6.45, 7) is 14.7. The number of nitrogens with zero attached hydrogens (tertiary/aromatic N) is 4. The van der Waals surface area contributed by atoms with Crippen molar-refractivity contribution in [1.29, 1.82) is 0 Å². The Labute approximate surface area is 270 Å². The summed E-state index contributed by atoms with van der Waals surface area (Å²) in [4.78, 5) is 52.1. The van der Waals surface area contributed by atoms with E-state index in [0.29, 0.717) is 50.3 Å². The molecule has 4 heterocycles. The van der Waals surface area contributed by atoms with Crippen molar-refractivity contribution in [2.24, 2.45) is 0 Å². The summed E-state index contributed by atoms with van der Waals surface area (Å²) >= 11 is 2.50. The van der Waals surface area contributed by atoms with E-state index in [1.165, 1.54) is 28.0 Å². The van der Waals surface area contributed by atoms with Gasteiger partial charge in [0.2, 0.25) is 0 Å². The average molecular weight is 639 g/mol. The molecule has 0 aliphatic carbocycles. The van der Waals surface area contributed by atoms with Gasteiger partial charge in [-0.05, 0) is 71.5 Å². The second kappa shape index (κ2) is 16.4. The normalized spacial score (nSPS) is 13.7. The molecular weight excluding hydrogens is 599 g/mol. The summed E-state index contributed by atoms with van der Waals surface area (Å²) in [5, 5.41) is 9.05. The van der Waals surface area contributed by atoms with E-state index in [9.17, 15) is 19.2 Å². The molecule has 17 heteroatoms. The number of fused-ring (bicyclic) bond motifs is 2. The van der Waals surface area contributed by atoms with Gasteiger partial charge in [0.05, 0.1) is 19.7 Å². The molecule has 0 saturated carbocycles. The predicted molar refractivity (Wildman–Crippen MR) is 153 cm³/mol. The maximum absolute atomic E-state index is 12.1. The smallest absolute Gasteiger partial charge is 0.870 e. The number of ether oxygens (including phenoxy) is 3.